The molecule has 1 aromatic rings. The molecule has 1 rings (SSSR count). The maximum atomic E-state index is 13.5. The second-order valence-corrected chi connectivity index (χ2v) is 4.84. The Morgan fingerprint density at radius 2 is 2.06 bits per heavy atom. The number of hydrogen-bond donors (Lipinski definition) is 0. The predicted octanol–water partition coefficient (Wildman–Crippen LogP) is 3.88. The van der Waals surface area contributed by atoms with E-state index in [0.29, 0.717) is 17.0 Å². The lowest BCUT2D eigenvalue weighted by atomic mass is 9.86. The van der Waals surface area contributed by atoms with E-state index in [0.717, 1.165) is 0 Å². The van der Waals surface area contributed by atoms with Crippen LogP contribution in [0.25, 0.3) is 0 Å². The van der Waals surface area contributed by atoms with Gasteiger partial charge in [0.2, 0.25) is 0 Å². The van der Waals surface area contributed by atoms with Gasteiger partial charge in [0.25, 0.3) is 0 Å². The van der Waals surface area contributed by atoms with E-state index in [4.69, 9.17) is 11.6 Å². The highest BCUT2D eigenvalue weighted by Crippen LogP contribution is 2.22. The fraction of sp³-hybridized carbons (Fsp3) is 0.462. The molecule has 88 valence electrons. The highest BCUT2D eigenvalue weighted by Gasteiger charge is 2.20. The number of Topliss-reactive ketones (excluding diaryl/α,β-unsaturated/α-hetero) is 1. The molecule has 3 heteroatoms. The fourth-order valence-electron chi connectivity index (χ4n) is 1.77. The summed E-state index contributed by atoms with van der Waals surface area (Å²) in [5, 5.41) is 0.380. The summed E-state index contributed by atoms with van der Waals surface area (Å²) in [6, 6.07) is 4.59. The van der Waals surface area contributed by atoms with Gasteiger partial charge in [-0.2, -0.15) is 0 Å². The molecule has 1 nitrogen and oxygen atoms in total. The average molecular weight is 243 g/mol. The molecule has 0 aliphatic carbocycles. The predicted molar refractivity (Wildman–Crippen MR) is 64.1 cm³/mol. The van der Waals surface area contributed by atoms with Crippen molar-refractivity contribution >= 4 is 17.4 Å². The molecule has 1 atom stereocenters. The summed E-state index contributed by atoms with van der Waals surface area (Å²) in [5.41, 5.74) is 0.554. The van der Waals surface area contributed by atoms with Crippen molar-refractivity contribution in [1.29, 1.82) is 0 Å². The van der Waals surface area contributed by atoms with E-state index in [1.54, 1.807) is 19.1 Å². The standard InChI is InChI=1S/C13H16ClFO/c1-8(2)12(9(3)16)6-10-4-5-11(14)7-13(10)15/h4-5,7-8,12H,6H2,1-3H3. The van der Waals surface area contributed by atoms with Crippen LogP contribution in [0.15, 0.2) is 18.2 Å². The Kier molecular flexibility index (Phi) is 4.48. The van der Waals surface area contributed by atoms with Crippen LogP contribution in [0.5, 0.6) is 0 Å². The quantitative estimate of drug-likeness (QED) is 0.783. The van der Waals surface area contributed by atoms with Crippen LogP contribution in [0.1, 0.15) is 26.3 Å². The number of rotatable bonds is 4. The van der Waals surface area contributed by atoms with Crippen LogP contribution in [-0.4, -0.2) is 5.78 Å². The SMILES string of the molecule is CC(=O)C(Cc1ccc(Cl)cc1F)C(C)C. The molecule has 0 amide bonds. The Balaban J connectivity index is 2.90. The molecule has 0 heterocycles. The molecule has 0 aliphatic heterocycles. The molecular formula is C13H16ClFO. The van der Waals surface area contributed by atoms with E-state index in [9.17, 15) is 9.18 Å². The number of hydrogen-bond acceptors (Lipinski definition) is 1. The number of halogens is 2. The Labute approximate surface area is 101 Å². The van der Waals surface area contributed by atoms with Gasteiger partial charge in [0.15, 0.2) is 0 Å². The van der Waals surface area contributed by atoms with Crippen LogP contribution in [0, 0.1) is 17.7 Å². The lowest BCUT2D eigenvalue weighted by Crippen LogP contribution is -2.20. The molecule has 0 saturated heterocycles. The molecule has 0 bridgehead atoms. The summed E-state index contributed by atoms with van der Waals surface area (Å²) in [7, 11) is 0. The molecule has 0 aliphatic rings. The Hall–Kier alpha value is -0.890. The molecule has 0 spiro atoms. The first kappa shape index (κ1) is 13.2. The molecule has 16 heavy (non-hydrogen) atoms. The highest BCUT2D eigenvalue weighted by molar-refractivity contribution is 6.30. The first-order chi connectivity index (χ1) is 7.41. The lowest BCUT2D eigenvalue weighted by molar-refractivity contribution is -0.121. The van der Waals surface area contributed by atoms with Crippen molar-refractivity contribution in [2.45, 2.75) is 27.2 Å². The summed E-state index contributed by atoms with van der Waals surface area (Å²) in [5.74, 6) is -0.146. The van der Waals surface area contributed by atoms with Crippen molar-refractivity contribution in [1.82, 2.24) is 0 Å². The van der Waals surface area contributed by atoms with Crippen molar-refractivity contribution in [3.8, 4) is 0 Å². The third-order valence-corrected chi connectivity index (χ3v) is 3.02. The van der Waals surface area contributed by atoms with Crippen molar-refractivity contribution in [3.05, 3.63) is 34.6 Å². The van der Waals surface area contributed by atoms with Gasteiger partial charge >= 0.3 is 0 Å². The highest BCUT2D eigenvalue weighted by atomic mass is 35.5. The summed E-state index contributed by atoms with van der Waals surface area (Å²) >= 11 is 5.67. The van der Waals surface area contributed by atoms with Crippen molar-refractivity contribution in [2.75, 3.05) is 0 Å². The summed E-state index contributed by atoms with van der Waals surface area (Å²) in [4.78, 5) is 11.4. The van der Waals surface area contributed by atoms with Gasteiger partial charge < -0.3 is 0 Å². The Bertz CT molecular complexity index is 388. The zero-order valence-corrected chi connectivity index (χ0v) is 10.5. The Morgan fingerprint density at radius 3 is 2.50 bits per heavy atom. The van der Waals surface area contributed by atoms with E-state index in [-0.39, 0.29) is 23.4 Å². The number of carbonyl (C=O) groups excluding carboxylic acids is 1. The minimum atomic E-state index is -0.334. The third-order valence-electron chi connectivity index (χ3n) is 2.78. The monoisotopic (exact) mass is 242 g/mol. The lowest BCUT2D eigenvalue weighted by Gasteiger charge is -2.18. The fourth-order valence-corrected chi connectivity index (χ4v) is 1.93. The zero-order valence-electron chi connectivity index (χ0n) is 9.76. The molecule has 0 saturated carbocycles. The first-order valence-corrected chi connectivity index (χ1v) is 5.74. The van der Waals surface area contributed by atoms with Crippen molar-refractivity contribution in [2.24, 2.45) is 11.8 Å². The van der Waals surface area contributed by atoms with Crippen LogP contribution >= 0.6 is 11.6 Å². The molecule has 0 N–H and O–H groups in total. The smallest absolute Gasteiger partial charge is 0.133 e. The number of ketones is 1. The van der Waals surface area contributed by atoms with Crippen LogP contribution in [0.4, 0.5) is 4.39 Å². The molecule has 1 unspecified atom stereocenters. The van der Waals surface area contributed by atoms with E-state index >= 15 is 0 Å². The summed E-state index contributed by atoms with van der Waals surface area (Å²) < 4.78 is 13.5. The normalized spacial score (nSPS) is 12.9. The summed E-state index contributed by atoms with van der Waals surface area (Å²) in [6.45, 7) is 5.50. The Morgan fingerprint density at radius 1 is 1.44 bits per heavy atom. The van der Waals surface area contributed by atoms with Crippen molar-refractivity contribution in [3.63, 3.8) is 0 Å². The van der Waals surface area contributed by atoms with Crippen LogP contribution in [-0.2, 0) is 11.2 Å². The topological polar surface area (TPSA) is 17.1 Å². The van der Waals surface area contributed by atoms with E-state index in [1.165, 1.54) is 6.07 Å². The van der Waals surface area contributed by atoms with Gasteiger partial charge in [0.1, 0.15) is 11.6 Å². The third kappa shape index (κ3) is 3.31. The van der Waals surface area contributed by atoms with Gasteiger partial charge in [0.05, 0.1) is 0 Å². The van der Waals surface area contributed by atoms with E-state index in [2.05, 4.69) is 0 Å². The van der Waals surface area contributed by atoms with Gasteiger partial charge in [0, 0.05) is 10.9 Å². The van der Waals surface area contributed by atoms with Crippen LogP contribution in [0.2, 0.25) is 5.02 Å². The largest absolute Gasteiger partial charge is 0.300 e. The van der Waals surface area contributed by atoms with Crippen molar-refractivity contribution < 1.29 is 9.18 Å². The number of carbonyl (C=O) groups is 1. The average Bonchev–Trinajstić information content (AvgIpc) is 2.15. The first-order valence-electron chi connectivity index (χ1n) is 5.36. The zero-order chi connectivity index (χ0) is 12.3. The van der Waals surface area contributed by atoms with E-state index < -0.39 is 0 Å². The van der Waals surface area contributed by atoms with Gasteiger partial charge in [-0.3, -0.25) is 4.79 Å². The molecular weight excluding hydrogens is 227 g/mol. The maximum Gasteiger partial charge on any atom is 0.133 e. The summed E-state index contributed by atoms with van der Waals surface area (Å²) in [6.07, 6.45) is 0.440. The van der Waals surface area contributed by atoms with Gasteiger partial charge in [-0.25, -0.2) is 4.39 Å². The minimum Gasteiger partial charge on any atom is -0.300 e. The van der Waals surface area contributed by atoms with Gasteiger partial charge in [-0.05, 0) is 37.0 Å². The minimum absolute atomic E-state index is 0.101. The molecule has 0 fully saturated rings. The second kappa shape index (κ2) is 5.44. The second-order valence-electron chi connectivity index (χ2n) is 4.40. The van der Waals surface area contributed by atoms with Crippen LogP contribution in [0.3, 0.4) is 0 Å². The van der Waals surface area contributed by atoms with E-state index in [1.807, 2.05) is 13.8 Å². The molecule has 0 aromatic heterocycles. The van der Waals surface area contributed by atoms with Gasteiger partial charge in [-0.1, -0.05) is 31.5 Å². The molecule has 1 aromatic carbocycles. The molecule has 0 radical (unpaired) electrons. The van der Waals surface area contributed by atoms with Gasteiger partial charge in [-0.15, -0.1) is 0 Å². The van der Waals surface area contributed by atoms with Crippen LogP contribution < -0.4 is 0 Å². The maximum absolute atomic E-state index is 13.5. The number of benzene rings is 1.